The summed E-state index contributed by atoms with van der Waals surface area (Å²) < 4.78 is 15.6. The lowest BCUT2D eigenvalue weighted by Crippen LogP contribution is -2.33. The molecule has 1 aromatic rings. The molecule has 1 aromatic carbocycles. The number of alkyl carbamates (subject to hydrolysis) is 1. The number of hydrogen-bond acceptors (Lipinski definition) is 4. The molecule has 2 rings (SSSR count). The molecule has 0 saturated carbocycles. The van der Waals surface area contributed by atoms with Gasteiger partial charge in [0, 0.05) is 13.0 Å². The summed E-state index contributed by atoms with van der Waals surface area (Å²) in [5, 5.41) is 2.62. The van der Waals surface area contributed by atoms with Gasteiger partial charge in [0.25, 0.3) is 0 Å². The zero-order valence-electron chi connectivity index (χ0n) is 9.86. The van der Waals surface area contributed by atoms with Crippen LogP contribution in [0.25, 0.3) is 0 Å². The third kappa shape index (κ3) is 2.43. The number of ether oxygens (including phenoxy) is 3. The predicted molar refractivity (Wildman–Crippen MR) is 61.4 cm³/mol. The molecule has 1 unspecified atom stereocenters. The van der Waals surface area contributed by atoms with Crippen molar-refractivity contribution >= 4 is 6.09 Å². The van der Waals surface area contributed by atoms with Gasteiger partial charge in [0.2, 0.25) is 0 Å². The van der Waals surface area contributed by atoms with Crippen LogP contribution in [0.1, 0.15) is 18.1 Å². The number of nitrogens with one attached hydrogen (secondary N) is 1. The SMILES string of the molecule is COc1ccc(C2CCNC(=O)O2)cc1OC. The Bertz CT molecular complexity index is 419. The summed E-state index contributed by atoms with van der Waals surface area (Å²) in [6.07, 6.45) is 0.154. The topological polar surface area (TPSA) is 56.8 Å². The highest BCUT2D eigenvalue weighted by Gasteiger charge is 2.22. The average Bonchev–Trinajstić information content (AvgIpc) is 2.38. The van der Waals surface area contributed by atoms with E-state index < -0.39 is 0 Å². The van der Waals surface area contributed by atoms with Gasteiger partial charge in [0.15, 0.2) is 11.5 Å². The van der Waals surface area contributed by atoms with Crippen LogP contribution in [0.3, 0.4) is 0 Å². The molecule has 5 heteroatoms. The number of carbonyl (C=O) groups excluding carboxylic acids is 1. The van der Waals surface area contributed by atoms with Gasteiger partial charge in [0.05, 0.1) is 14.2 Å². The molecule has 1 fully saturated rings. The van der Waals surface area contributed by atoms with E-state index in [0.717, 1.165) is 12.0 Å². The van der Waals surface area contributed by atoms with Gasteiger partial charge in [-0.25, -0.2) is 4.79 Å². The van der Waals surface area contributed by atoms with Crippen LogP contribution in [-0.2, 0) is 4.74 Å². The molecule has 0 aromatic heterocycles. The number of carbonyl (C=O) groups is 1. The highest BCUT2D eigenvalue weighted by atomic mass is 16.6. The third-order valence-corrected chi connectivity index (χ3v) is 2.70. The van der Waals surface area contributed by atoms with Crippen molar-refractivity contribution in [1.29, 1.82) is 0 Å². The van der Waals surface area contributed by atoms with Crippen molar-refractivity contribution in [2.75, 3.05) is 20.8 Å². The molecular formula is C12H15NO4. The molecule has 0 aliphatic carbocycles. The molecule has 1 saturated heterocycles. The normalized spacial score (nSPS) is 19.2. The minimum absolute atomic E-state index is 0.219. The van der Waals surface area contributed by atoms with Gasteiger partial charge >= 0.3 is 6.09 Å². The van der Waals surface area contributed by atoms with Gasteiger partial charge in [-0.1, -0.05) is 6.07 Å². The van der Waals surface area contributed by atoms with Gasteiger partial charge in [-0.3, -0.25) is 0 Å². The Morgan fingerprint density at radius 3 is 2.71 bits per heavy atom. The first-order chi connectivity index (χ1) is 8.24. The summed E-state index contributed by atoms with van der Waals surface area (Å²) in [6, 6.07) is 5.52. The summed E-state index contributed by atoms with van der Waals surface area (Å²) in [5.74, 6) is 1.30. The Labute approximate surface area is 99.7 Å². The van der Waals surface area contributed by atoms with Crippen molar-refractivity contribution in [3.8, 4) is 11.5 Å². The second kappa shape index (κ2) is 4.95. The van der Waals surface area contributed by atoms with E-state index in [9.17, 15) is 4.79 Å². The number of hydrogen-bond donors (Lipinski definition) is 1. The summed E-state index contributed by atoms with van der Waals surface area (Å²) in [5.41, 5.74) is 0.914. The standard InChI is InChI=1S/C12H15NO4/c1-15-10-4-3-8(7-11(10)16-2)9-5-6-13-12(14)17-9/h3-4,7,9H,5-6H2,1-2H3,(H,13,14). The summed E-state index contributed by atoms with van der Waals surface area (Å²) >= 11 is 0. The van der Waals surface area contributed by atoms with Gasteiger partial charge in [-0.15, -0.1) is 0 Å². The Morgan fingerprint density at radius 1 is 1.29 bits per heavy atom. The quantitative estimate of drug-likeness (QED) is 0.872. The lowest BCUT2D eigenvalue weighted by Gasteiger charge is -2.24. The lowest BCUT2D eigenvalue weighted by molar-refractivity contribution is 0.0737. The summed E-state index contributed by atoms with van der Waals surface area (Å²) in [7, 11) is 3.16. The van der Waals surface area contributed by atoms with Gasteiger partial charge in [-0.05, 0) is 17.7 Å². The lowest BCUT2D eigenvalue weighted by atomic mass is 10.0. The van der Waals surface area contributed by atoms with Crippen molar-refractivity contribution in [3.63, 3.8) is 0 Å². The van der Waals surface area contributed by atoms with Crippen LogP contribution in [-0.4, -0.2) is 26.9 Å². The van der Waals surface area contributed by atoms with Crippen molar-refractivity contribution in [3.05, 3.63) is 23.8 Å². The molecule has 1 aliphatic heterocycles. The molecule has 1 amide bonds. The molecule has 1 N–H and O–H groups in total. The van der Waals surface area contributed by atoms with Gasteiger partial charge in [-0.2, -0.15) is 0 Å². The molecule has 92 valence electrons. The van der Waals surface area contributed by atoms with Gasteiger partial charge in [0.1, 0.15) is 6.10 Å². The summed E-state index contributed by atoms with van der Waals surface area (Å²) in [6.45, 7) is 0.623. The second-order valence-electron chi connectivity index (χ2n) is 3.72. The maximum atomic E-state index is 11.1. The highest BCUT2D eigenvalue weighted by Crippen LogP contribution is 2.32. The van der Waals surface area contributed by atoms with E-state index in [4.69, 9.17) is 14.2 Å². The minimum Gasteiger partial charge on any atom is -0.493 e. The fourth-order valence-corrected chi connectivity index (χ4v) is 1.82. The Hall–Kier alpha value is -1.91. The average molecular weight is 237 g/mol. The zero-order valence-corrected chi connectivity index (χ0v) is 9.86. The molecule has 0 radical (unpaired) electrons. The Morgan fingerprint density at radius 2 is 2.06 bits per heavy atom. The van der Waals surface area contributed by atoms with Crippen LogP contribution >= 0.6 is 0 Å². The largest absolute Gasteiger partial charge is 0.493 e. The number of methoxy groups -OCH3 is 2. The van der Waals surface area contributed by atoms with Crippen LogP contribution in [0.2, 0.25) is 0 Å². The van der Waals surface area contributed by atoms with Crippen LogP contribution < -0.4 is 14.8 Å². The van der Waals surface area contributed by atoms with E-state index in [2.05, 4.69) is 5.32 Å². The molecule has 17 heavy (non-hydrogen) atoms. The molecule has 1 atom stereocenters. The molecule has 5 nitrogen and oxygen atoms in total. The van der Waals surface area contributed by atoms with E-state index in [-0.39, 0.29) is 12.2 Å². The van der Waals surface area contributed by atoms with E-state index in [1.165, 1.54) is 0 Å². The van der Waals surface area contributed by atoms with Crippen LogP contribution in [0, 0.1) is 0 Å². The van der Waals surface area contributed by atoms with E-state index in [0.29, 0.717) is 18.0 Å². The number of benzene rings is 1. The number of amides is 1. The second-order valence-corrected chi connectivity index (χ2v) is 3.72. The third-order valence-electron chi connectivity index (χ3n) is 2.70. The van der Waals surface area contributed by atoms with Crippen LogP contribution in [0.15, 0.2) is 18.2 Å². The molecule has 0 spiro atoms. The first kappa shape index (κ1) is 11.6. The molecule has 1 heterocycles. The maximum Gasteiger partial charge on any atom is 0.407 e. The maximum absolute atomic E-state index is 11.1. The molecular weight excluding hydrogens is 222 g/mol. The van der Waals surface area contributed by atoms with Crippen molar-refractivity contribution in [2.24, 2.45) is 0 Å². The van der Waals surface area contributed by atoms with E-state index in [1.807, 2.05) is 18.2 Å². The zero-order chi connectivity index (χ0) is 12.3. The fourth-order valence-electron chi connectivity index (χ4n) is 1.82. The van der Waals surface area contributed by atoms with E-state index in [1.54, 1.807) is 14.2 Å². The van der Waals surface area contributed by atoms with E-state index >= 15 is 0 Å². The van der Waals surface area contributed by atoms with Crippen molar-refractivity contribution < 1.29 is 19.0 Å². The first-order valence-corrected chi connectivity index (χ1v) is 5.41. The highest BCUT2D eigenvalue weighted by molar-refractivity contribution is 5.68. The Kier molecular flexibility index (Phi) is 3.37. The van der Waals surface area contributed by atoms with Crippen molar-refractivity contribution in [2.45, 2.75) is 12.5 Å². The fraction of sp³-hybridized carbons (Fsp3) is 0.417. The van der Waals surface area contributed by atoms with Gasteiger partial charge < -0.3 is 19.5 Å². The monoisotopic (exact) mass is 237 g/mol. The molecule has 1 aliphatic rings. The van der Waals surface area contributed by atoms with Crippen LogP contribution in [0.5, 0.6) is 11.5 Å². The predicted octanol–water partition coefficient (Wildman–Crippen LogP) is 1.87. The first-order valence-electron chi connectivity index (χ1n) is 5.41. The number of rotatable bonds is 3. The smallest absolute Gasteiger partial charge is 0.407 e. The molecule has 0 bridgehead atoms. The Balaban J connectivity index is 2.23. The number of cyclic esters (lactones) is 1. The van der Waals surface area contributed by atoms with Crippen LogP contribution in [0.4, 0.5) is 4.79 Å². The summed E-state index contributed by atoms with van der Waals surface area (Å²) in [4.78, 5) is 11.1. The minimum atomic E-state index is -0.379. The van der Waals surface area contributed by atoms with Crippen molar-refractivity contribution in [1.82, 2.24) is 5.32 Å².